The van der Waals surface area contributed by atoms with E-state index in [9.17, 15) is 8.42 Å². The van der Waals surface area contributed by atoms with Gasteiger partial charge in [0.2, 0.25) is 10.0 Å². The van der Waals surface area contributed by atoms with Gasteiger partial charge in [-0.2, -0.15) is 0 Å². The minimum Gasteiger partial charge on any atom is -0.307 e. The summed E-state index contributed by atoms with van der Waals surface area (Å²) in [7, 11) is -1.06. The van der Waals surface area contributed by atoms with Crippen LogP contribution >= 0.6 is 0 Å². The standard InChI is InChI=1S/C5H13N.CH5NO2S/c1-4-6(3)5-2;1-5(2,3)4/h4-5H2,1-3H3;1H3,(H2,2,3,4). The van der Waals surface area contributed by atoms with E-state index in [1.165, 1.54) is 0 Å². The second-order valence-electron chi connectivity index (χ2n) is 2.32. The molecule has 5 heteroatoms. The monoisotopic (exact) mass is 182 g/mol. The van der Waals surface area contributed by atoms with Crippen LogP contribution in [0.15, 0.2) is 0 Å². The first kappa shape index (κ1) is 13.5. The topological polar surface area (TPSA) is 63.4 Å². The maximum atomic E-state index is 9.41. The SMILES string of the molecule is CCN(C)CC.CS(N)(=O)=O. The van der Waals surface area contributed by atoms with E-state index in [1.807, 2.05) is 0 Å². The summed E-state index contributed by atoms with van der Waals surface area (Å²) in [6, 6.07) is 0. The van der Waals surface area contributed by atoms with Gasteiger partial charge in [-0.05, 0) is 20.1 Å². The predicted molar refractivity (Wildman–Crippen MR) is 47.9 cm³/mol. The summed E-state index contributed by atoms with van der Waals surface area (Å²) >= 11 is 0. The van der Waals surface area contributed by atoms with E-state index in [0.717, 1.165) is 19.3 Å². The van der Waals surface area contributed by atoms with E-state index in [-0.39, 0.29) is 0 Å². The van der Waals surface area contributed by atoms with E-state index >= 15 is 0 Å². The highest BCUT2D eigenvalue weighted by Crippen LogP contribution is 1.73. The minimum absolute atomic E-state index is 0.938. The first-order chi connectivity index (χ1) is 4.81. The third kappa shape index (κ3) is 40.8. The molecule has 0 spiro atoms. The van der Waals surface area contributed by atoms with Crippen molar-refractivity contribution in [3.8, 4) is 0 Å². The second kappa shape index (κ2) is 6.57. The Labute approximate surface area is 69.4 Å². The van der Waals surface area contributed by atoms with Gasteiger partial charge in [0.05, 0.1) is 6.26 Å². The normalized spacial score (nSPS) is 10.7. The van der Waals surface area contributed by atoms with E-state index in [2.05, 4.69) is 30.9 Å². The molecule has 0 aromatic rings. The summed E-state index contributed by atoms with van der Waals surface area (Å²) in [5.74, 6) is 0. The molecule has 0 saturated carbocycles. The summed E-state index contributed by atoms with van der Waals surface area (Å²) in [6.07, 6.45) is 0.938. The molecule has 0 rings (SSSR count). The number of rotatable bonds is 2. The minimum atomic E-state index is -3.17. The Balaban J connectivity index is 0. The zero-order chi connectivity index (χ0) is 9.49. The summed E-state index contributed by atoms with van der Waals surface area (Å²) < 4.78 is 18.8. The van der Waals surface area contributed by atoms with Crippen LogP contribution in [-0.2, 0) is 10.0 Å². The average molecular weight is 182 g/mol. The molecule has 0 aliphatic rings. The molecule has 0 heterocycles. The van der Waals surface area contributed by atoms with E-state index < -0.39 is 10.0 Å². The average Bonchev–Trinajstić information content (AvgIpc) is 1.83. The zero-order valence-corrected chi connectivity index (χ0v) is 8.48. The maximum absolute atomic E-state index is 9.41. The first-order valence-electron chi connectivity index (χ1n) is 3.47. The van der Waals surface area contributed by atoms with Crippen molar-refractivity contribution in [2.24, 2.45) is 5.14 Å². The molecular formula is C6H18N2O2S. The van der Waals surface area contributed by atoms with E-state index in [1.54, 1.807) is 0 Å². The van der Waals surface area contributed by atoms with E-state index in [4.69, 9.17) is 0 Å². The number of sulfonamides is 1. The number of primary sulfonamides is 1. The Kier molecular flexibility index (Phi) is 8.04. The van der Waals surface area contributed by atoms with Crippen LogP contribution in [-0.4, -0.2) is 39.7 Å². The molecule has 0 bridgehead atoms. The highest BCUT2D eigenvalue weighted by molar-refractivity contribution is 7.88. The van der Waals surface area contributed by atoms with Crippen molar-refractivity contribution in [3.05, 3.63) is 0 Å². The smallest absolute Gasteiger partial charge is 0.206 e. The third-order valence-corrected chi connectivity index (χ3v) is 1.08. The van der Waals surface area contributed by atoms with Crippen LogP contribution in [0.5, 0.6) is 0 Å². The largest absolute Gasteiger partial charge is 0.307 e. The molecule has 0 aliphatic heterocycles. The first-order valence-corrected chi connectivity index (χ1v) is 5.43. The fourth-order valence-electron chi connectivity index (χ4n) is 0.224. The lowest BCUT2D eigenvalue weighted by Gasteiger charge is -2.07. The lowest BCUT2D eigenvalue weighted by molar-refractivity contribution is 0.373. The Bertz CT molecular complexity index is 153. The van der Waals surface area contributed by atoms with Crippen LogP contribution in [0.2, 0.25) is 0 Å². The summed E-state index contributed by atoms with van der Waals surface area (Å²) in [5, 5.41) is 4.33. The quantitative estimate of drug-likeness (QED) is 0.646. The molecule has 70 valence electrons. The molecule has 0 aromatic carbocycles. The summed E-state index contributed by atoms with van der Waals surface area (Å²) in [4.78, 5) is 2.25. The van der Waals surface area contributed by atoms with Gasteiger partial charge < -0.3 is 4.90 Å². The Morgan fingerprint density at radius 1 is 1.27 bits per heavy atom. The lowest BCUT2D eigenvalue weighted by Crippen LogP contribution is -2.15. The molecule has 4 nitrogen and oxygen atoms in total. The Hall–Kier alpha value is -0.130. The van der Waals surface area contributed by atoms with Crippen LogP contribution in [0.25, 0.3) is 0 Å². The predicted octanol–water partition coefficient (Wildman–Crippen LogP) is -0.137. The zero-order valence-electron chi connectivity index (χ0n) is 7.66. The lowest BCUT2D eigenvalue weighted by atomic mass is 10.6. The summed E-state index contributed by atoms with van der Waals surface area (Å²) in [5.41, 5.74) is 0. The van der Waals surface area contributed by atoms with Gasteiger partial charge >= 0.3 is 0 Å². The van der Waals surface area contributed by atoms with Crippen molar-refractivity contribution in [2.45, 2.75) is 13.8 Å². The molecule has 0 atom stereocenters. The molecule has 11 heavy (non-hydrogen) atoms. The van der Waals surface area contributed by atoms with Gasteiger partial charge in [-0.1, -0.05) is 13.8 Å². The molecule has 0 amide bonds. The van der Waals surface area contributed by atoms with Crippen LogP contribution in [0.4, 0.5) is 0 Å². The van der Waals surface area contributed by atoms with Gasteiger partial charge in [0, 0.05) is 0 Å². The second-order valence-corrected chi connectivity index (χ2v) is 3.98. The molecule has 2 N–H and O–H groups in total. The van der Waals surface area contributed by atoms with Crippen LogP contribution < -0.4 is 5.14 Å². The van der Waals surface area contributed by atoms with Gasteiger partial charge in [-0.3, -0.25) is 0 Å². The molecule has 0 saturated heterocycles. The number of nitrogens with two attached hydrogens (primary N) is 1. The van der Waals surface area contributed by atoms with Gasteiger partial charge in [-0.15, -0.1) is 0 Å². The van der Waals surface area contributed by atoms with Gasteiger partial charge in [0.25, 0.3) is 0 Å². The van der Waals surface area contributed by atoms with Crippen LogP contribution in [0, 0.1) is 0 Å². The van der Waals surface area contributed by atoms with Crippen molar-refractivity contribution in [1.82, 2.24) is 4.90 Å². The fraction of sp³-hybridized carbons (Fsp3) is 1.00. The summed E-state index contributed by atoms with van der Waals surface area (Å²) in [6.45, 7) is 6.64. The molecule has 0 aliphatic carbocycles. The van der Waals surface area contributed by atoms with Gasteiger partial charge in [0.15, 0.2) is 0 Å². The van der Waals surface area contributed by atoms with E-state index in [0.29, 0.717) is 0 Å². The molecule has 0 aromatic heterocycles. The molecule has 0 unspecified atom stereocenters. The van der Waals surface area contributed by atoms with Crippen LogP contribution in [0.3, 0.4) is 0 Å². The Morgan fingerprint density at radius 2 is 1.45 bits per heavy atom. The van der Waals surface area contributed by atoms with Crippen molar-refractivity contribution in [1.29, 1.82) is 0 Å². The Morgan fingerprint density at radius 3 is 1.45 bits per heavy atom. The van der Waals surface area contributed by atoms with Crippen molar-refractivity contribution in [2.75, 3.05) is 26.4 Å². The van der Waals surface area contributed by atoms with Gasteiger partial charge in [-0.25, -0.2) is 13.6 Å². The highest BCUT2D eigenvalue weighted by Gasteiger charge is 1.81. The molecule has 0 radical (unpaired) electrons. The van der Waals surface area contributed by atoms with Crippen molar-refractivity contribution in [3.63, 3.8) is 0 Å². The fourth-order valence-corrected chi connectivity index (χ4v) is 0.224. The van der Waals surface area contributed by atoms with Crippen molar-refractivity contribution < 1.29 is 8.42 Å². The van der Waals surface area contributed by atoms with Crippen LogP contribution in [0.1, 0.15) is 13.8 Å². The third-order valence-electron chi connectivity index (χ3n) is 1.08. The number of hydrogen-bond acceptors (Lipinski definition) is 3. The van der Waals surface area contributed by atoms with Crippen molar-refractivity contribution >= 4 is 10.0 Å². The molecular weight excluding hydrogens is 164 g/mol. The maximum Gasteiger partial charge on any atom is 0.206 e. The number of hydrogen-bond donors (Lipinski definition) is 1. The highest BCUT2D eigenvalue weighted by atomic mass is 32.2. The molecule has 0 fully saturated rings. The number of nitrogens with zero attached hydrogens (tertiary/aromatic N) is 1. The van der Waals surface area contributed by atoms with Gasteiger partial charge in [0.1, 0.15) is 0 Å².